The predicted molar refractivity (Wildman–Crippen MR) is 85.5 cm³/mol. The lowest BCUT2D eigenvalue weighted by Gasteiger charge is -2.28. The zero-order chi connectivity index (χ0) is 14.4. The number of hydrogen-bond acceptors (Lipinski definition) is 2. The summed E-state index contributed by atoms with van der Waals surface area (Å²) in [7, 11) is 0. The molecule has 1 fully saturated rings. The average Bonchev–Trinajstić information content (AvgIpc) is 2.66. The first-order valence-electron chi connectivity index (χ1n) is 8.18. The van der Waals surface area contributed by atoms with Gasteiger partial charge in [-0.05, 0) is 63.3 Å². The molecule has 20 heavy (non-hydrogen) atoms. The Balaban J connectivity index is 2.08. The Labute approximate surface area is 123 Å². The van der Waals surface area contributed by atoms with Gasteiger partial charge in [0.1, 0.15) is 11.9 Å². The molecule has 1 aromatic rings. The molecule has 1 aliphatic rings. The van der Waals surface area contributed by atoms with E-state index in [0.29, 0.717) is 12.1 Å². The minimum Gasteiger partial charge on any atom is -0.489 e. The van der Waals surface area contributed by atoms with E-state index in [4.69, 9.17) is 4.74 Å². The fourth-order valence-corrected chi connectivity index (χ4v) is 2.98. The van der Waals surface area contributed by atoms with Crippen LogP contribution in [-0.4, -0.2) is 18.7 Å². The third-order valence-electron chi connectivity index (χ3n) is 4.23. The molecule has 0 amide bonds. The van der Waals surface area contributed by atoms with Crippen LogP contribution in [-0.2, 0) is 0 Å². The van der Waals surface area contributed by atoms with Crippen LogP contribution in [0.25, 0.3) is 0 Å². The van der Waals surface area contributed by atoms with Gasteiger partial charge in [-0.15, -0.1) is 0 Å². The molecule has 0 aromatic heterocycles. The van der Waals surface area contributed by atoms with Gasteiger partial charge in [0, 0.05) is 6.04 Å². The van der Waals surface area contributed by atoms with Crippen molar-refractivity contribution in [2.75, 3.05) is 6.54 Å². The molecule has 2 unspecified atom stereocenters. The maximum atomic E-state index is 6.39. The van der Waals surface area contributed by atoms with Gasteiger partial charge in [-0.3, -0.25) is 0 Å². The molecular weight excluding hydrogens is 246 g/mol. The van der Waals surface area contributed by atoms with E-state index in [0.717, 1.165) is 12.3 Å². The summed E-state index contributed by atoms with van der Waals surface area (Å²) in [5.41, 5.74) is 2.52. The summed E-state index contributed by atoms with van der Waals surface area (Å²) < 4.78 is 6.39. The van der Waals surface area contributed by atoms with E-state index < -0.39 is 0 Å². The smallest absolute Gasteiger partial charge is 0.122 e. The Morgan fingerprint density at radius 3 is 2.75 bits per heavy atom. The monoisotopic (exact) mass is 275 g/mol. The molecule has 112 valence electrons. The molecule has 1 saturated carbocycles. The molecule has 0 bridgehead atoms. The van der Waals surface area contributed by atoms with Crippen molar-refractivity contribution in [3.63, 3.8) is 0 Å². The molecule has 0 radical (unpaired) electrons. The van der Waals surface area contributed by atoms with Crippen molar-refractivity contribution in [3.05, 3.63) is 29.3 Å². The maximum absolute atomic E-state index is 6.39. The molecule has 1 aliphatic carbocycles. The average molecular weight is 275 g/mol. The van der Waals surface area contributed by atoms with Gasteiger partial charge in [0.25, 0.3) is 0 Å². The number of ether oxygens (including phenoxy) is 1. The molecule has 0 spiro atoms. The molecular formula is C18H29NO. The fraction of sp³-hybridized carbons (Fsp3) is 0.667. The van der Waals surface area contributed by atoms with Crippen molar-refractivity contribution >= 4 is 0 Å². The third-order valence-corrected chi connectivity index (χ3v) is 4.23. The first kappa shape index (κ1) is 15.4. The summed E-state index contributed by atoms with van der Waals surface area (Å²) in [5.74, 6) is 1.07. The van der Waals surface area contributed by atoms with Crippen LogP contribution in [0.15, 0.2) is 18.2 Å². The van der Waals surface area contributed by atoms with E-state index in [1.165, 1.54) is 49.7 Å². The second-order valence-electron chi connectivity index (χ2n) is 6.12. The van der Waals surface area contributed by atoms with E-state index in [1.807, 2.05) is 0 Å². The van der Waals surface area contributed by atoms with Gasteiger partial charge in [0.2, 0.25) is 0 Å². The lowest BCUT2D eigenvalue weighted by molar-refractivity contribution is 0.143. The van der Waals surface area contributed by atoms with Gasteiger partial charge >= 0.3 is 0 Å². The number of aryl methyl sites for hydroxylation is 2. The van der Waals surface area contributed by atoms with Gasteiger partial charge in [0.05, 0.1) is 0 Å². The summed E-state index contributed by atoms with van der Waals surface area (Å²) in [4.78, 5) is 0. The number of hydrogen-bond donors (Lipinski definition) is 1. The summed E-state index contributed by atoms with van der Waals surface area (Å²) in [6.45, 7) is 7.59. The van der Waals surface area contributed by atoms with Gasteiger partial charge < -0.3 is 10.1 Å². The van der Waals surface area contributed by atoms with Crippen molar-refractivity contribution in [2.45, 2.75) is 71.4 Å². The first-order chi connectivity index (χ1) is 9.70. The molecule has 2 heteroatoms. The second-order valence-corrected chi connectivity index (χ2v) is 6.12. The lowest BCUT2D eigenvalue weighted by atomic mass is 10.1. The second kappa shape index (κ2) is 7.68. The maximum Gasteiger partial charge on any atom is 0.122 e. The number of rotatable bonds is 5. The van der Waals surface area contributed by atoms with E-state index >= 15 is 0 Å². The standard InChI is InChI=1S/C18H29NO/c1-4-12-19-16-8-6-5-7-9-17(16)20-18-13-14(2)10-11-15(18)3/h10-11,13,16-17,19H,4-9,12H2,1-3H3. The molecule has 1 N–H and O–H groups in total. The van der Waals surface area contributed by atoms with Crippen LogP contribution in [0.4, 0.5) is 0 Å². The fourth-order valence-electron chi connectivity index (χ4n) is 2.98. The molecule has 1 aromatic carbocycles. The van der Waals surface area contributed by atoms with Crippen LogP contribution in [0.3, 0.4) is 0 Å². The highest BCUT2D eigenvalue weighted by molar-refractivity contribution is 5.36. The zero-order valence-corrected chi connectivity index (χ0v) is 13.2. The zero-order valence-electron chi connectivity index (χ0n) is 13.2. The van der Waals surface area contributed by atoms with Crippen LogP contribution in [0.2, 0.25) is 0 Å². The summed E-state index contributed by atoms with van der Waals surface area (Å²) in [6.07, 6.45) is 7.89. The van der Waals surface area contributed by atoms with E-state index in [-0.39, 0.29) is 0 Å². The van der Waals surface area contributed by atoms with Crippen molar-refractivity contribution < 1.29 is 4.74 Å². The number of benzene rings is 1. The first-order valence-corrected chi connectivity index (χ1v) is 8.18. The van der Waals surface area contributed by atoms with Crippen LogP contribution >= 0.6 is 0 Å². The Kier molecular flexibility index (Phi) is 5.90. The minimum atomic E-state index is 0.324. The van der Waals surface area contributed by atoms with Gasteiger partial charge in [-0.1, -0.05) is 31.9 Å². The molecule has 2 nitrogen and oxygen atoms in total. The van der Waals surface area contributed by atoms with Gasteiger partial charge in [-0.25, -0.2) is 0 Å². The summed E-state index contributed by atoms with van der Waals surface area (Å²) in [6, 6.07) is 7.01. The molecule has 2 rings (SSSR count). The predicted octanol–water partition coefficient (Wildman–Crippen LogP) is 4.38. The van der Waals surface area contributed by atoms with Gasteiger partial charge in [0.15, 0.2) is 0 Å². The Hall–Kier alpha value is -1.02. The highest BCUT2D eigenvalue weighted by Gasteiger charge is 2.25. The van der Waals surface area contributed by atoms with Crippen molar-refractivity contribution in [1.29, 1.82) is 0 Å². The molecule has 2 atom stereocenters. The van der Waals surface area contributed by atoms with Crippen LogP contribution in [0.5, 0.6) is 5.75 Å². The molecule has 0 saturated heterocycles. The minimum absolute atomic E-state index is 0.324. The topological polar surface area (TPSA) is 21.3 Å². The van der Waals surface area contributed by atoms with E-state index in [2.05, 4.69) is 44.3 Å². The van der Waals surface area contributed by atoms with Crippen molar-refractivity contribution in [2.24, 2.45) is 0 Å². The normalized spacial score (nSPS) is 23.4. The summed E-state index contributed by atoms with van der Waals surface area (Å²) in [5, 5.41) is 3.69. The third kappa shape index (κ3) is 4.24. The Bertz CT molecular complexity index is 416. The van der Waals surface area contributed by atoms with Crippen LogP contribution < -0.4 is 10.1 Å². The highest BCUT2D eigenvalue weighted by Crippen LogP contribution is 2.26. The largest absolute Gasteiger partial charge is 0.489 e. The molecule has 0 aliphatic heterocycles. The molecule has 0 heterocycles. The quantitative estimate of drug-likeness (QED) is 0.805. The Morgan fingerprint density at radius 1 is 1.15 bits per heavy atom. The number of nitrogens with one attached hydrogen (secondary N) is 1. The van der Waals surface area contributed by atoms with E-state index in [9.17, 15) is 0 Å². The Morgan fingerprint density at radius 2 is 1.95 bits per heavy atom. The van der Waals surface area contributed by atoms with E-state index in [1.54, 1.807) is 0 Å². The summed E-state index contributed by atoms with van der Waals surface area (Å²) >= 11 is 0. The lowest BCUT2D eigenvalue weighted by Crippen LogP contribution is -2.42. The van der Waals surface area contributed by atoms with Crippen LogP contribution in [0, 0.1) is 13.8 Å². The SMILES string of the molecule is CCCNC1CCCCCC1Oc1cc(C)ccc1C. The van der Waals surface area contributed by atoms with Crippen molar-refractivity contribution in [3.8, 4) is 5.75 Å². The van der Waals surface area contributed by atoms with Crippen LogP contribution in [0.1, 0.15) is 56.6 Å². The van der Waals surface area contributed by atoms with Gasteiger partial charge in [-0.2, -0.15) is 0 Å². The van der Waals surface area contributed by atoms with Crippen molar-refractivity contribution in [1.82, 2.24) is 5.32 Å². The highest BCUT2D eigenvalue weighted by atomic mass is 16.5.